The normalized spacial score (nSPS) is 38.6. The number of hydrogen-bond donors (Lipinski definition) is 1. The molecule has 3 nitrogen and oxygen atoms in total. The second-order valence-corrected chi connectivity index (χ2v) is 9.85. The first kappa shape index (κ1) is 16.2. The van der Waals surface area contributed by atoms with Gasteiger partial charge in [-0.3, -0.25) is 4.79 Å². The van der Waals surface area contributed by atoms with Gasteiger partial charge in [0, 0.05) is 4.75 Å². The summed E-state index contributed by atoms with van der Waals surface area (Å²) in [4.78, 5) is 12.3. The second-order valence-electron chi connectivity index (χ2n) is 8.41. The zero-order valence-corrected chi connectivity index (χ0v) is 14.8. The molecule has 4 fully saturated rings. The molecule has 4 rings (SSSR count). The molecule has 122 valence electrons. The van der Waals surface area contributed by atoms with E-state index in [4.69, 9.17) is 0 Å². The molecule has 0 aromatic carbocycles. The standard InChI is InChI=1S/C18H28N2OS/c1-12(2)17(3,11-19)20-16(21)10-22-18-7-13-4-14(8-18)6-15(5-13)9-18/h12-15H,4-10H2,1-3H3,(H,20,21)/t13?,14?,15?,17-,18?/m1/s1. The molecule has 0 saturated heterocycles. The van der Waals surface area contributed by atoms with Crippen molar-refractivity contribution in [2.45, 2.75) is 69.6 Å². The van der Waals surface area contributed by atoms with E-state index in [0.717, 1.165) is 17.8 Å². The number of thioether (sulfide) groups is 1. The van der Waals surface area contributed by atoms with Gasteiger partial charge < -0.3 is 5.32 Å². The molecule has 0 radical (unpaired) electrons. The van der Waals surface area contributed by atoms with Gasteiger partial charge in [0.15, 0.2) is 0 Å². The average molecular weight is 321 g/mol. The SMILES string of the molecule is CC(C)[C@@](C)(C#N)NC(=O)CSC12CC3CC(CC(C3)C1)C2. The molecule has 4 heteroatoms. The number of rotatable bonds is 5. The van der Waals surface area contributed by atoms with E-state index in [2.05, 4.69) is 11.4 Å². The first-order valence-electron chi connectivity index (χ1n) is 8.70. The van der Waals surface area contributed by atoms with Crippen LogP contribution in [0.4, 0.5) is 0 Å². The number of nitrogens with zero attached hydrogens (tertiary/aromatic N) is 1. The minimum Gasteiger partial charge on any atom is -0.337 e. The van der Waals surface area contributed by atoms with Crippen LogP contribution in [0.2, 0.25) is 0 Å². The Morgan fingerprint density at radius 3 is 2.18 bits per heavy atom. The van der Waals surface area contributed by atoms with Crippen molar-refractivity contribution in [2.24, 2.45) is 23.7 Å². The maximum absolute atomic E-state index is 12.3. The van der Waals surface area contributed by atoms with Crippen molar-refractivity contribution in [1.82, 2.24) is 5.32 Å². The summed E-state index contributed by atoms with van der Waals surface area (Å²) in [6, 6.07) is 2.26. The molecule has 0 unspecified atom stereocenters. The summed E-state index contributed by atoms with van der Waals surface area (Å²) in [6.45, 7) is 5.79. The molecule has 4 saturated carbocycles. The maximum atomic E-state index is 12.3. The number of nitrogens with one attached hydrogen (secondary N) is 1. The van der Waals surface area contributed by atoms with Crippen molar-refractivity contribution in [3.8, 4) is 6.07 Å². The summed E-state index contributed by atoms with van der Waals surface area (Å²) in [7, 11) is 0. The quantitative estimate of drug-likeness (QED) is 0.839. The van der Waals surface area contributed by atoms with Gasteiger partial charge in [0.2, 0.25) is 5.91 Å². The van der Waals surface area contributed by atoms with Crippen molar-refractivity contribution in [3.63, 3.8) is 0 Å². The number of carbonyl (C=O) groups is 1. The van der Waals surface area contributed by atoms with Crippen LogP contribution in [0.15, 0.2) is 0 Å². The summed E-state index contributed by atoms with van der Waals surface area (Å²) >= 11 is 1.88. The predicted molar refractivity (Wildman–Crippen MR) is 90.4 cm³/mol. The molecule has 0 aromatic rings. The number of amides is 1. The first-order chi connectivity index (χ1) is 10.3. The average Bonchev–Trinajstić information content (AvgIpc) is 2.43. The minimum absolute atomic E-state index is 0.0264. The highest BCUT2D eigenvalue weighted by molar-refractivity contribution is 8.01. The van der Waals surface area contributed by atoms with Gasteiger partial charge in [-0.15, -0.1) is 11.8 Å². The highest BCUT2D eigenvalue weighted by atomic mass is 32.2. The third kappa shape index (κ3) is 3.02. The van der Waals surface area contributed by atoms with Crippen LogP contribution in [0.1, 0.15) is 59.3 Å². The smallest absolute Gasteiger partial charge is 0.231 e. The highest BCUT2D eigenvalue weighted by Gasteiger charge is 2.51. The van der Waals surface area contributed by atoms with Gasteiger partial charge in [-0.1, -0.05) is 13.8 Å². The summed E-state index contributed by atoms with van der Waals surface area (Å²) in [5, 5.41) is 12.3. The molecule has 0 heterocycles. The molecule has 4 aliphatic carbocycles. The van der Waals surface area contributed by atoms with E-state index < -0.39 is 5.54 Å². The van der Waals surface area contributed by atoms with Gasteiger partial charge in [0.1, 0.15) is 5.54 Å². The fraction of sp³-hybridized carbons (Fsp3) is 0.889. The lowest BCUT2D eigenvalue weighted by Crippen LogP contribution is -2.51. The fourth-order valence-electron chi connectivity index (χ4n) is 5.05. The summed E-state index contributed by atoms with van der Waals surface area (Å²) < 4.78 is 0.368. The molecule has 0 aromatic heterocycles. The lowest BCUT2D eigenvalue weighted by atomic mass is 9.56. The van der Waals surface area contributed by atoms with E-state index in [1.54, 1.807) is 0 Å². The molecule has 0 aliphatic heterocycles. The van der Waals surface area contributed by atoms with Gasteiger partial charge in [0.25, 0.3) is 0 Å². The fourth-order valence-corrected chi connectivity index (χ4v) is 6.62. The summed E-state index contributed by atoms with van der Waals surface area (Å²) in [6.07, 6.45) is 8.26. The van der Waals surface area contributed by atoms with Crippen LogP contribution in [0.25, 0.3) is 0 Å². The van der Waals surface area contributed by atoms with E-state index in [0.29, 0.717) is 10.5 Å². The van der Waals surface area contributed by atoms with Crippen LogP contribution in [0.3, 0.4) is 0 Å². The molecule has 1 amide bonds. The van der Waals surface area contributed by atoms with Gasteiger partial charge in [0.05, 0.1) is 11.8 Å². The highest BCUT2D eigenvalue weighted by Crippen LogP contribution is 2.60. The van der Waals surface area contributed by atoms with Crippen LogP contribution in [0.5, 0.6) is 0 Å². The Hall–Kier alpha value is -0.690. The zero-order chi connectivity index (χ0) is 16.0. The van der Waals surface area contributed by atoms with E-state index in [1.807, 2.05) is 32.5 Å². The summed E-state index contributed by atoms with van der Waals surface area (Å²) in [5.41, 5.74) is -0.751. The van der Waals surface area contributed by atoms with Gasteiger partial charge in [-0.05, 0) is 69.1 Å². The van der Waals surface area contributed by atoms with Crippen LogP contribution in [-0.2, 0) is 4.79 Å². The van der Waals surface area contributed by atoms with Crippen LogP contribution in [-0.4, -0.2) is 21.9 Å². The van der Waals surface area contributed by atoms with E-state index in [1.165, 1.54) is 38.5 Å². The lowest BCUT2D eigenvalue weighted by molar-refractivity contribution is -0.120. The Labute approximate surface area is 138 Å². The Morgan fingerprint density at radius 2 is 1.77 bits per heavy atom. The van der Waals surface area contributed by atoms with E-state index in [9.17, 15) is 10.1 Å². The number of nitriles is 1. The van der Waals surface area contributed by atoms with Gasteiger partial charge >= 0.3 is 0 Å². The third-order valence-electron chi connectivity index (χ3n) is 6.28. The molecule has 1 atom stereocenters. The first-order valence-corrected chi connectivity index (χ1v) is 9.69. The van der Waals surface area contributed by atoms with Crippen molar-refractivity contribution >= 4 is 17.7 Å². The van der Waals surface area contributed by atoms with Gasteiger partial charge in [-0.2, -0.15) is 5.26 Å². The van der Waals surface area contributed by atoms with E-state index in [-0.39, 0.29) is 11.8 Å². The van der Waals surface area contributed by atoms with Crippen molar-refractivity contribution in [3.05, 3.63) is 0 Å². The third-order valence-corrected chi connectivity index (χ3v) is 7.80. The minimum atomic E-state index is -0.751. The number of hydrogen-bond acceptors (Lipinski definition) is 3. The van der Waals surface area contributed by atoms with Crippen LogP contribution in [0, 0.1) is 35.0 Å². The van der Waals surface area contributed by atoms with Crippen LogP contribution >= 0.6 is 11.8 Å². The molecule has 22 heavy (non-hydrogen) atoms. The van der Waals surface area contributed by atoms with Crippen molar-refractivity contribution in [2.75, 3.05) is 5.75 Å². The van der Waals surface area contributed by atoms with Crippen molar-refractivity contribution in [1.29, 1.82) is 5.26 Å². The van der Waals surface area contributed by atoms with Crippen LogP contribution < -0.4 is 5.32 Å². The van der Waals surface area contributed by atoms with Crippen molar-refractivity contribution < 1.29 is 4.79 Å². The molecule has 0 spiro atoms. The zero-order valence-electron chi connectivity index (χ0n) is 14.0. The second kappa shape index (κ2) is 5.74. The largest absolute Gasteiger partial charge is 0.337 e. The Morgan fingerprint density at radius 1 is 1.27 bits per heavy atom. The molecular formula is C18H28N2OS. The van der Waals surface area contributed by atoms with E-state index >= 15 is 0 Å². The topological polar surface area (TPSA) is 52.9 Å². The number of carbonyl (C=O) groups excluding carboxylic acids is 1. The molecular weight excluding hydrogens is 292 g/mol. The summed E-state index contributed by atoms with van der Waals surface area (Å²) in [5.74, 6) is 3.41. The Kier molecular flexibility index (Phi) is 4.22. The molecule has 4 bridgehead atoms. The molecule has 1 N–H and O–H groups in total. The Bertz CT molecular complexity index is 461. The molecule has 4 aliphatic rings. The predicted octanol–water partition coefficient (Wildman–Crippen LogP) is 3.74. The lowest BCUT2D eigenvalue weighted by Gasteiger charge is -2.56. The Balaban J connectivity index is 1.57. The van der Waals surface area contributed by atoms with Gasteiger partial charge in [-0.25, -0.2) is 0 Å². The monoisotopic (exact) mass is 320 g/mol. The maximum Gasteiger partial charge on any atom is 0.231 e.